The van der Waals surface area contributed by atoms with Crippen molar-refractivity contribution in [3.8, 4) is 11.1 Å². The van der Waals surface area contributed by atoms with Gasteiger partial charge in [0.05, 0.1) is 16.1 Å². The topological polar surface area (TPSA) is 84.2 Å². The predicted molar refractivity (Wildman–Crippen MR) is 121 cm³/mol. The maximum atomic E-state index is 15.3. The second-order valence-electron chi connectivity index (χ2n) is 7.66. The molecule has 1 aliphatic heterocycles. The van der Waals surface area contributed by atoms with E-state index in [0.29, 0.717) is 12.2 Å². The van der Waals surface area contributed by atoms with Crippen LogP contribution in [0.4, 0.5) is 20.2 Å². The number of carboxylic acid groups (broad SMARTS) is 1. The number of rotatable bonds is 3. The van der Waals surface area contributed by atoms with Crippen molar-refractivity contribution in [3.05, 3.63) is 77.9 Å². The van der Waals surface area contributed by atoms with Crippen LogP contribution in [0.25, 0.3) is 11.1 Å². The molecule has 0 bridgehead atoms. The Morgan fingerprint density at radius 1 is 1.03 bits per heavy atom. The highest BCUT2D eigenvalue weighted by Gasteiger charge is 2.36. The first-order valence-corrected chi connectivity index (χ1v) is 11.3. The average molecular weight is 461 g/mol. The molecule has 1 unspecified atom stereocenters. The second kappa shape index (κ2) is 8.18. The lowest BCUT2D eigenvalue weighted by Gasteiger charge is -2.42. The Kier molecular flexibility index (Phi) is 5.68. The summed E-state index contributed by atoms with van der Waals surface area (Å²) in [5, 5.41) is 9.22. The van der Waals surface area contributed by atoms with Gasteiger partial charge in [-0.1, -0.05) is 24.3 Å². The highest BCUT2D eigenvalue weighted by atomic mass is 32.3. The maximum absolute atomic E-state index is 15.3. The molecule has 0 amide bonds. The SMILES string of the molecule is CC1CN(c2ccccc2)c2cc(F)c(-c3ccc(F)c(C(=O)O)c3)cc2S(O)(O)N1C. The van der Waals surface area contributed by atoms with E-state index >= 15 is 4.39 Å². The Hall–Kier alpha value is -2.98. The number of anilines is 2. The molecule has 0 fully saturated rings. The summed E-state index contributed by atoms with van der Waals surface area (Å²) in [6.45, 7) is 2.22. The Balaban J connectivity index is 1.96. The second-order valence-corrected chi connectivity index (χ2v) is 9.71. The quantitative estimate of drug-likeness (QED) is 0.456. The molecule has 0 saturated carbocycles. The van der Waals surface area contributed by atoms with Crippen LogP contribution in [-0.4, -0.2) is 44.1 Å². The first-order chi connectivity index (χ1) is 15.1. The summed E-state index contributed by atoms with van der Waals surface area (Å²) in [4.78, 5) is 13.2. The summed E-state index contributed by atoms with van der Waals surface area (Å²) in [6.07, 6.45) is 0. The lowest BCUT2D eigenvalue weighted by atomic mass is 10.0. The van der Waals surface area contributed by atoms with Crippen LogP contribution in [0.3, 0.4) is 0 Å². The van der Waals surface area contributed by atoms with Crippen molar-refractivity contribution in [2.24, 2.45) is 0 Å². The lowest BCUT2D eigenvalue weighted by Crippen LogP contribution is -2.36. The fraction of sp³-hybridized carbons (Fsp3) is 0.174. The number of benzene rings is 3. The minimum atomic E-state index is -3.49. The van der Waals surface area contributed by atoms with Gasteiger partial charge in [-0.3, -0.25) is 9.11 Å². The standard InChI is InChI=1S/C23H22F2N2O4S/c1-14-13-27(16-6-4-3-5-7-16)21-12-20(25)17(11-22(21)32(30,31)26(14)2)15-8-9-19(24)18(10-15)23(28)29/h3-12,14,30-31H,13H2,1-2H3,(H,28,29). The summed E-state index contributed by atoms with van der Waals surface area (Å²) in [7, 11) is -1.91. The van der Waals surface area contributed by atoms with Gasteiger partial charge in [-0.15, -0.1) is 10.8 Å². The molecule has 1 aliphatic rings. The third-order valence-corrected chi connectivity index (χ3v) is 7.76. The molecule has 0 spiro atoms. The molecule has 0 radical (unpaired) electrons. The zero-order valence-corrected chi connectivity index (χ0v) is 18.2. The van der Waals surface area contributed by atoms with E-state index in [2.05, 4.69) is 0 Å². The molecule has 3 N–H and O–H groups in total. The van der Waals surface area contributed by atoms with Crippen LogP contribution in [0, 0.1) is 11.6 Å². The zero-order chi connectivity index (χ0) is 23.2. The third-order valence-electron chi connectivity index (χ3n) is 5.68. The smallest absolute Gasteiger partial charge is 0.338 e. The van der Waals surface area contributed by atoms with Gasteiger partial charge in [0.1, 0.15) is 11.6 Å². The van der Waals surface area contributed by atoms with Crippen LogP contribution >= 0.6 is 10.8 Å². The fourth-order valence-electron chi connectivity index (χ4n) is 3.79. The van der Waals surface area contributed by atoms with Crippen molar-refractivity contribution in [2.45, 2.75) is 17.9 Å². The van der Waals surface area contributed by atoms with Gasteiger partial charge >= 0.3 is 5.97 Å². The Morgan fingerprint density at radius 2 is 1.72 bits per heavy atom. The van der Waals surface area contributed by atoms with Crippen LogP contribution in [0.15, 0.2) is 65.6 Å². The van der Waals surface area contributed by atoms with Crippen LogP contribution in [0.5, 0.6) is 0 Å². The van der Waals surface area contributed by atoms with Gasteiger partial charge in [0.25, 0.3) is 0 Å². The summed E-state index contributed by atoms with van der Waals surface area (Å²) in [6, 6.07) is 14.7. The predicted octanol–water partition coefficient (Wildman–Crippen LogP) is 5.83. The van der Waals surface area contributed by atoms with Crippen LogP contribution in [0.2, 0.25) is 0 Å². The van der Waals surface area contributed by atoms with E-state index in [0.717, 1.165) is 17.8 Å². The van der Waals surface area contributed by atoms with Gasteiger partial charge in [0.15, 0.2) is 0 Å². The van der Waals surface area contributed by atoms with E-state index in [9.17, 15) is 23.4 Å². The Morgan fingerprint density at radius 3 is 2.38 bits per heavy atom. The molecule has 32 heavy (non-hydrogen) atoms. The number of halogens is 2. The number of aromatic carboxylic acids is 1. The van der Waals surface area contributed by atoms with Gasteiger partial charge in [-0.25, -0.2) is 17.9 Å². The molecule has 1 atom stereocenters. The van der Waals surface area contributed by atoms with E-state index in [-0.39, 0.29) is 22.1 Å². The highest BCUT2D eigenvalue weighted by Crippen LogP contribution is 2.59. The number of nitrogens with zero attached hydrogens (tertiary/aromatic N) is 2. The summed E-state index contributed by atoms with van der Waals surface area (Å²) in [5.41, 5.74) is 0.523. The molecule has 3 aromatic rings. The van der Waals surface area contributed by atoms with Gasteiger partial charge in [-0.05, 0) is 42.8 Å². The molecule has 6 nitrogen and oxygen atoms in total. The van der Waals surface area contributed by atoms with Crippen LogP contribution < -0.4 is 4.90 Å². The van der Waals surface area contributed by atoms with Gasteiger partial charge in [0, 0.05) is 37.0 Å². The maximum Gasteiger partial charge on any atom is 0.338 e. The van der Waals surface area contributed by atoms with Crippen molar-refractivity contribution >= 4 is 28.1 Å². The number of para-hydroxylation sites is 1. The molecule has 168 valence electrons. The zero-order valence-electron chi connectivity index (χ0n) is 17.4. The normalized spacial score (nSPS) is 19.2. The largest absolute Gasteiger partial charge is 0.478 e. The van der Waals surface area contributed by atoms with Crippen LogP contribution in [0.1, 0.15) is 17.3 Å². The molecule has 0 saturated heterocycles. The average Bonchev–Trinajstić information content (AvgIpc) is 2.83. The van der Waals surface area contributed by atoms with Gasteiger partial charge in [0.2, 0.25) is 0 Å². The molecule has 4 rings (SSSR count). The van der Waals surface area contributed by atoms with E-state index < -0.39 is 33.9 Å². The molecular formula is C23H22F2N2O4S. The van der Waals surface area contributed by atoms with Gasteiger partial charge < -0.3 is 10.0 Å². The van der Waals surface area contributed by atoms with Crippen molar-refractivity contribution in [1.82, 2.24) is 4.31 Å². The monoisotopic (exact) mass is 460 g/mol. The third kappa shape index (κ3) is 3.73. The van der Waals surface area contributed by atoms with E-state index in [1.807, 2.05) is 42.2 Å². The number of fused-ring (bicyclic) bond motifs is 1. The van der Waals surface area contributed by atoms with Crippen molar-refractivity contribution in [3.63, 3.8) is 0 Å². The first kappa shape index (κ1) is 22.2. The number of carboxylic acids is 1. The molecule has 0 aromatic heterocycles. The summed E-state index contributed by atoms with van der Waals surface area (Å²) < 4.78 is 52.9. The minimum Gasteiger partial charge on any atom is -0.478 e. The number of hydrogen-bond acceptors (Lipinski definition) is 5. The summed E-state index contributed by atoms with van der Waals surface area (Å²) in [5.74, 6) is -3.11. The number of carbonyl (C=O) groups is 1. The lowest BCUT2D eigenvalue weighted by molar-refractivity contribution is 0.0692. The van der Waals surface area contributed by atoms with Crippen molar-refractivity contribution in [1.29, 1.82) is 0 Å². The molecular weight excluding hydrogens is 438 g/mol. The molecule has 1 heterocycles. The van der Waals surface area contributed by atoms with Gasteiger partial charge in [-0.2, -0.15) is 0 Å². The highest BCUT2D eigenvalue weighted by molar-refractivity contribution is 8.22. The van der Waals surface area contributed by atoms with E-state index in [1.54, 1.807) is 7.05 Å². The first-order valence-electron chi connectivity index (χ1n) is 9.82. The summed E-state index contributed by atoms with van der Waals surface area (Å²) >= 11 is 0. The van der Waals surface area contributed by atoms with Crippen LogP contribution in [-0.2, 0) is 0 Å². The Bertz CT molecular complexity index is 1190. The van der Waals surface area contributed by atoms with E-state index in [1.165, 1.54) is 22.5 Å². The number of hydrogen-bond donors (Lipinski definition) is 3. The van der Waals surface area contributed by atoms with Crippen molar-refractivity contribution in [2.75, 3.05) is 18.5 Å². The molecule has 0 aliphatic carbocycles. The van der Waals surface area contributed by atoms with E-state index in [4.69, 9.17) is 0 Å². The number of likely N-dealkylation sites (N-methyl/N-ethyl adjacent to an activating group) is 1. The molecule has 9 heteroatoms. The fourth-order valence-corrected chi connectivity index (χ4v) is 5.39. The Labute approximate surface area is 185 Å². The molecule has 3 aromatic carbocycles. The minimum absolute atomic E-state index is 0.0535. The van der Waals surface area contributed by atoms with Crippen molar-refractivity contribution < 1.29 is 27.8 Å².